The fraction of sp³-hybridized carbons (Fsp3) is 0.294. The molecule has 0 atom stereocenters. The second-order valence-electron chi connectivity index (χ2n) is 5.79. The van der Waals surface area contributed by atoms with Crippen molar-refractivity contribution in [2.24, 2.45) is 0 Å². The highest BCUT2D eigenvalue weighted by molar-refractivity contribution is 7.93. The zero-order valence-corrected chi connectivity index (χ0v) is 12.9. The maximum absolute atomic E-state index is 12.7. The molecule has 1 fully saturated rings. The SMILES string of the molecule is O=S1(=O)c2ccc(OC3CCC3)cc2CN1c1ccccc1. The summed E-state index contributed by atoms with van der Waals surface area (Å²) in [5.41, 5.74) is 1.50. The molecule has 4 rings (SSSR count). The summed E-state index contributed by atoms with van der Waals surface area (Å²) in [6, 6.07) is 14.5. The molecule has 22 heavy (non-hydrogen) atoms. The van der Waals surface area contributed by atoms with Gasteiger partial charge in [-0.05, 0) is 55.2 Å². The molecule has 0 radical (unpaired) electrons. The highest BCUT2D eigenvalue weighted by Crippen LogP contribution is 2.37. The number of hydrogen-bond donors (Lipinski definition) is 0. The molecule has 0 amide bonds. The Balaban J connectivity index is 1.67. The maximum Gasteiger partial charge on any atom is 0.264 e. The van der Waals surface area contributed by atoms with Crippen molar-refractivity contribution in [3.63, 3.8) is 0 Å². The first-order chi connectivity index (χ1) is 10.6. The normalized spacial score (nSPS) is 19.5. The third kappa shape index (κ3) is 2.16. The Labute approximate surface area is 130 Å². The fourth-order valence-electron chi connectivity index (χ4n) is 2.87. The van der Waals surface area contributed by atoms with Gasteiger partial charge >= 0.3 is 0 Å². The Morgan fingerprint density at radius 2 is 1.82 bits per heavy atom. The number of rotatable bonds is 3. The fourth-order valence-corrected chi connectivity index (χ4v) is 4.51. The molecule has 0 N–H and O–H groups in total. The van der Waals surface area contributed by atoms with Crippen LogP contribution in [0.25, 0.3) is 0 Å². The summed E-state index contributed by atoms with van der Waals surface area (Å²) in [4.78, 5) is 0.386. The highest BCUT2D eigenvalue weighted by atomic mass is 32.2. The molecule has 5 heteroatoms. The van der Waals surface area contributed by atoms with E-state index in [1.54, 1.807) is 12.1 Å². The molecule has 0 spiro atoms. The van der Waals surface area contributed by atoms with E-state index in [4.69, 9.17) is 4.74 Å². The van der Waals surface area contributed by atoms with E-state index in [1.807, 2.05) is 36.4 Å². The molecule has 1 saturated carbocycles. The van der Waals surface area contributed by atoms with Gasteiger partial charge in [0.05, 0.1) is 23.2 Å². The predicted molar refractivity (Wildman–Crippen MR) is 84.5 cm³/mol. The average molecular weight is 315 g/mol. The molecular weight excluding hydrogens is 298 g/mol. The summed E-state index contributed by atoms with van der Waals surface area (Å²) in [5.74, 6) is 0.772. The predicted octanol–water partition coefficient (Wildman–Crippen LogP) is 3.33. The van der Waals surface area contributed by atoms with E-state index >= 15 is 0 Å². The lowest BCUT2D eigenvalue weighted by Crippen LogP contribution is -2.24. The number of anilines is 1. The Morgan fingerprint density at radius 3 is 2.50 bits per heavy atom. The molecule has 1 heterocycles. The summed E-state index contributed by atoms with van der Waals surface area (Å²) in [7, 11) is -3.46. The van der Waals surface area contributed by atoms with Crippen molar-refractivity contribution in [3.8, 4) is 5.75 Å². The lowest BCUT2D eigenvalue weighted by Gasteiger charge is -2.26. The molecule has 2 aliphatic rings. The van der Waals surface area contributed by atoms with Crippen molar-refractivity contribution in [1.29, 1.82) is 0 Å². The second kappa shape index (κ2) is 5.02. The minimum Gasteiger partial charge on any atom is -0.490 e. The van der Waals surface area contributed by atoms with E-state index in [2.05, 4.69) is 0 Å². The first kappa shape index (κ1) is 13.6. The van der Waals surface area contributed by atoms with Gasteiger partial charge in [-0.25, -0.2) is 8.42 Å². The van der Waals surface area contributed by atoms with Gasteiger partial charge in [0, 0.05) is 0 Å². The van der Waals surface area contributed by atoms with Crippen LogP contribution in [0, 0.1) is 0 Å². The average Bonchev–Trinajstić information content (AvgIpc) is 2.75. The van der Waals surface area contributed by atoms with Crippen LogP contribution in [0.1, 0.15) is 24.8 Å². The van der Waals surface area contributed by atoms with Crippen molar-refractivity contribution in [1.82, 2.24) is 0 Å². The zero-order chi connectivity index (χ0) is 15.2. The Kier molecular flexibility index (Phi) is 3.11. The number of fused-ring (bicyclic) bond motifs is 1. The second-order valence-corrected chi connectivity index (χ2v) is 7.62. The van der Waals surface area contributed by atoms with Gasteiger partial charge in [-0.2, -0.15) is 0 Å². The van der Waals surface area contributed by atoms with Gasteiger partial charge in [0.1, 0.15) is 5.75 Å². The molecular formula is C17H17NO3S. The monoisotopic (exact) mass is 315 g/mol. The van der Waals surface area contributed by atoms with Crippen LogP contribution >= 0.6 is 0 Å². The first-order valence-electron chi connectivity index (χ1n) is 7.52. The summed E-state index contributed by atoms with van der Waals surface area (Å²) >= 11 is 0. The molecule has 4 nitrogen and oxygen atoms in total. The van der Waals surface area contributed by atoms with E-state index in [1.165, 1.54) is 10.7 Å². The van der Waals surface area contributed by atoms with E-state index in [-0.39, 0.29) is 0 Å². The van der Waals surface area contributed by atoms with Crippen molar-refractivity contribution in [2.75, 3.05) is 4.31 Å². The van der Waals surface area contributed by atoms with Crippen molar-refractivity contribution in [2.45, 2.75) is 36.8 Å². The number of para-hydroxylation sites is 1. The molecule has 0 unspecified atom stereocenters. The van der Waals surface area contributed by atoms with Gasteiger partial charge in [0.15, 0.2) is 0 Å². The van der Waals surface area contributed by atoms with Crippen LogP contribution in [-0.4, -0.2) is 14.5 Å². The smallest absolute Gasteiger partial charge is 0.264 e. The Bertz CT molecular complexity index is 798. The highest BCUT2D eigenvalue weighted by Gasteiger charge is 2.35. The lowest BCUT2D eigenvalue weighted by atomic mass is 9.96. The van der Waals surface area contributed by atoms with Gasteiger partial charge < -0.3 is 4.74 Å². The van der Waals surface area contributed by atoms with E-state index < -0.39 is 10.0 Å². The third-order valence-electron chi connectivity index (χ3n) is 4.31. The molecule has 114 valence electrons. The maximum atomic E-state index is 12.7. The standard InChI is InChI=1S/C17H17NO3S/c19-22(20)17-10-9-16(21-15-7-4-8-15)11-13(17)12-18(22)14-5-2-1-3-6-14/h1-3,5-6,9-11,15H,4,7-8,12H2. The topological polar surface area (TPSA) is 46.6 Å². The number of sulfonamides is 1. The zero-order valence-electron chi connectivity index (χ0n) is 12.1. The third-order valence-corrected chi connectivity index (χ3v) is 6.19. The van der Waals surface area contributed by atoms with Crippen LogP contribution < -0.4 is 9.04 Å². The molecule has 1 aliphatic carbocycles. The van der Waals surface area contributed by atoms with Crippen molar-refractivity contribution < 1.29 is 13.2 Å². The van der Waals surface area contributed by atoms with Crippen LogP contribution in [0.2, 0.25) is 0 Å². The van der Waals surface area contributed by atoms with Crippen molar-refractivity contribution >= 4 is 15.7 Å². The summed E-state index contributed by atoms with van der Waals surface area (Å²) < 4.78 is 32.7. The minimum atomic E-state index is -3.46. The van der Waals surface area contributed by atoms with Gasteiger partial charge in [-0.15, -0.1) is 0 Å². The summed E-state index contributed by atoms with van der Waals surface area (Å²) in [5, 5.41) is 0. The summed E-state index contributed by atoms with van der Waals surface area (Å²) in [6.45, 7) is 0.365. The van der Waals surface area contributed by atoms with Crippen LogP contribution in [-0.2, 0) is 16.6 Å². The van der Waals surface area contributed by atoms with Crippen LogP contribution in [0.15, 0.2) is 53.4 Å². The van der Waals surface area contributed by atoms with E-state index in [9.17, 15) is 8.42 Å². The number of ether oxygens (including phenoxy) is 1. The Morgan fingerprint density at radius 1 is 1.05 bits per heavy atom. The van der Waals surface area contributed by atoms with E-state index in [0.717, 1.165) is 24.2 Å². The number of nitrogens with zero attached hydrogens (tertiary/aromatic N) is 1. The van der Waals surface area contributed by atoms with Crippen LogP contribution in [0.3, 0.4) is 0 Å². The molecule has 2 aromatic rings. The number of benzene rings is 2. The largest absolute Gasteiger partial charge is 0.490 e. The van der Waals surface area contributed by atoms with E-state index in [0.29, 0.717) is 23.2 Å². The Hall–Kier alpha value is -2.01. The molecule has 0 aromatic heterocycles. The van der Waals surface area contributed by atoms with Crippen LogP contribution in [0.4, 0.5) is 5.69 Å². The molecule has 1 aliphatic heterocycles. The lowest BCUT2D eigenvalue weighted by molar-refractivity contribution is 0.120. The van der Waals surface area contributed by atoms with Crippen LogP contribution in [0.5, 0.6) is 5.75 Å². The molecule has 0 bridgehead atoms. The van der Waals surface area contributed by atoms with Gasteiger partial charge in [0.25, 0.3) is 10.0 Å². The van der Waals surface area contributed by atoms with Gasteiger partial charge in [-0.1, -0.05) is 18.2 Å². The van der Waals surface area contributed by atoms with Gasteiger partial charge in [0.2, 0.25) is 0 Å². The minimum absolute atomic E-state index is 0.293. The molecule has 0 saturated heterocycles. The first-order valence-corrected chi connectivity index (χ1v) is 8.96. The quantitative estimate of drug-likeness (QED) is 0.873. The van der Waals surface area contributed by atoms with Crippen molar-refractivity contribution in [3.05, 3.63) is 54.1 Å². The summed E-state index contributed by atoms with van der Waals surface area (Å²) in [6.07, 6.45) is 3.68. The van der Waals surface area contributed by atoms with Gasteiger partial charge in [-0.3, -0.25) is 4.31 Å². The number of hydrogen-bond acceptors (Lipinski definition) is 3. The molecule has 2 aromatic carbocycles.